The van der Waals surface area contributed by atoms with Crippen LogP contribution in [0.1, 0.15) is 0 Å². The number of aromatic nitrogens is 1. The maximum atomic E-state index is 4.97. The van der Waals surface area contributed by atoms with Gasteiger partial charge < -0.3 is 10.1 Å². The number of ether oxygens (including phenoxy) is 1. The Hall–Kier alpha value is -1.13. The third-order valence-electron chi connectivity index (χ3n) is 2.27. The van der Waals surface area contributed by atoms with Crippen LogP contribution in [0.15, 0.2) is 34.8 Å². The fourth-order valence-electron chi connectivity index (χ4n) is 1.47. The minimum atomic E-state index is 0.679. The van der Waals surface area contributed by atoms with E-state index in [-0.39, 0.29) is 0 Å². The number of nitrogens with zero attached hydrogens (tertiary/aromatic N) is 1. The van der Waals surface area contributed by atoms with Gasteiger partial charge in [0.1, 0.15) is 5.82 Å². The molecule has 1 aromatic heterocycles. The van der Waals surface area contributed by atoms with Crippen molar-refractivity contribution in [2.75, 3.05) is 25.6 Å². The second-order valence-corrected chi connectivity index (χ2v) is 4.37. The van der Waals surface area contributed by atoms with E-state index in [0.29, 0.717) is 6.61 Å². The van der Waals surface area contributed by atoms with Crippen LogP contribution in [0.25, 0.3) is 10.9 Å². The molecule has 16 heavy (non-hydrogen) atoms. The zero-order valence-corrected chi connectivity index (χ0v) is 10.6. The van der Waals surface area contributed by atoms with Crippen LogP contribution >= 0.6 is 15.9 Å². The van der Waals surface area contributed by atoms with Crippen LogP contribution in [0.3, 0.4) is 0 Å². The topological polar surface area (TPSA) is 34.1 Å². The van der Waals surface area contributed by atoms with Crippen LogP contribution in [0.4, 0.5) is 5.82 Å². The maximum absolute atomic E-state index is 4.97. The SMILES string of the molecule is COCCNc1ccc2ccc(Br)cc2n1. The van der Waals surface area contributed by atoms with Gasteiger partial charge in [-0.05, 0) is 24.3 Å². The minimum Gasteiger partial charge on any atom is -0.383 e. The van der Waals surface area contributed by atoms with Crippen molar-refractivity contribution in [1.82, 2.24) is 4.98 Å². The molecular formula is C12H13BrN2O. The van der Waals surface area contributed by atoms with E-state index in [1.807, 2.05) is 24.3 Å². The van der Waals surface area contributed by atoms with E-state index in [1.165, 1.54) is 0 Å². The van der Waals surface area contributed by atoms with Gasteiger partial charge in [-0.15, -0.1) is 0 Å². The third-order valence-corrected chi connectivity index (χ3v) is 2.76. The van der Waals surface area contributed by atoms with Gasteiger partial charge in [0.25, 0.3) is 0 Å². The first-order valence-corrected chi connectivity index (χ1v) is 5.88. The average Bonchev–Trinajstić information content (AvgIpc) is 2.29. The number of benzene rings is 1. The van der Waals surface area contributed by atoms with Gasteiger partial charge >= 0.3 is 0 Å². The van der Waals surface area contributed by atoms with Gasteiger partial charge in [0.05, 0.1) is 12.1 Å². The molecule has 0 spiro atoms. The molecule has 1 heterocycles. The highest BCUT2D eigenvalue weighted by molar-refractivity contribution is 9.10. The molecule has 1 aromatic carbocycles. The summed E-state index contributed by atoms with van der Waals surface area (Å²) in [6.45, 7) is 1.45. The van der Waals surface area contributed by atoms with Crippen LogP contribution in [0, 0.1) is 0 Å². The van der Waals surface area contributed by atoms with Gasteiger partial charge in [-0.25, -0.2) is 4.98 Å². The first kappa shape index (κ1) is 11.4. The van der Waals surface area contributed by atoms with Crippen LogP contribution in [-0.4, -0.2) is 25.2 Å². The number of methoxy groups -OCH3 is 1. The smallest absolute Gasteiger partial charge is 0.126 e. The van der Waals surface area contributed by atoms with Crippen molar-refractivity contribution in [2.24, 2.45) is 0 Å². The van der Waals surface area contributed by atoms with Gasteiger partial charge in [-0.2, -0.15) is 0 Å². The first-order chi connectivity index (χ1) is 7.79. The number of nitrogens with one attached hydrogen (secondary N) is 1. The molecule has 0 unspecified atom stereocenters. The molecule has 2 rings (SSSR count). The van der Waals surface area contributed by atoms with Crippen molar-refractivity contribution >= 4 is 32.7 Å². The number of anilines is 1. The first-order valence-electron chi connectivity index (χ1n) is 5.09. The summed E-state index contributed by atoms with van der Waals surface area (Å²) in [4.78, 5) is 4.51. The molecule has 3 nitrogen and oxygen atoms in total. The summed E-state index contributed by atoms with van der Waals surface area (Å²) in [6.07, 6.45) is 0. The van der Waals surface area contributed by atoms with Crippen LogP contribution in [0.5, 0.6) is 0 Å². The molecule has 0 saturated heterocycles. The fraction of sp³-hybridized carbons (Fsp3) is 0.250. The van der Waals surface area contributed by atoms with E-state index < -0.39 is 0 Å². The molecule has 2 aromatic rings. The number of halogens is 1. The summed E-state index contributed by atoms with van der Waals surface area (Å²) in [5.74, 6) is 0.877. The minimum absolute atomic E-state index is 0.679. The molecule has 4 heteroatoms. The van der Waals surface area contributed by atoms with Crippen molar-refractivity contribution < 1.29 is 4.74 Å². The number of hydrogen-bond acceptors (Lipinski definition) is 3. The fourth-order valence-corrected chi connectivity index (χ4v) is 1.82. The lowest BCUT2D eigenvalue weighted by atomic mass is 10.2. The van der Waals surface area contributed by atoms with E-state index >= 15 is 0 Å². The Balaban J connectivity index is 2.21. The second-order valence-electron chi connectivity index (χ2n) is 3.45. The van der Waals surface area contributed by atoms with Gasteiger partial charge in [0.2, 0.25) is 0 Å². The molecule has 0 aliphatic heterocycles. The summed E-state index contributed by atoms with van der Waals surface area (Å²) >= 11 is 3.44. The van der Waals surface area contributed by atoms with Crippen LogP contribution < -0.4 is 5.32 Å². The summed E-state index contributed by atoms with van der Waals surface area (Å²) < 4.78 is 6.02. The Kier molecular flexibility index (Phi) is 3.74. The Labute approximate surface area is 103 Å². The summed E-state index contributed by atoms with van der Waals surface area (Å²) in [6, 6.07) is 10.1. The molecule has 0 aliphatic carbocycles. The molecule has 0 atom stereocenters. The molecule has 0 amide bonds. The highest BCUT2D eigenvalue weighted by Crippen LogP contribution is 2.19. The Morgan fingerprint density at radius 2 is 2.12 bits per heavy atom. The van der Waals surface area contributed by atoms with Crippen LogP contribution in [-0.2, 0) is 4.74 Å². The van der Waals surface area contributed by atoms with E-state index in [2.05, 4.69) is 32.3 Å². The van der Waals surface area contributed by atoms with Gasteiger partial charge in [0, 0.05) is 23.5 Å². The Bertz CT molecular complexity index is 487. The quantitative estimate of drug-likeness (QED) is 0.875. The number of rotatable bonds is 4. The molecule has 0 fully saturated rings. The highest BCUT2D eigenvalue weighted by atomic mass is 79.9. The molecule has 1 N–H and O–H groups in total. The standard InChI is InChI=1S/C12H13BrN2O/c1-16-7-6-14-12-5-3-9-2-4-10(13)8-11(9)15-12/h2-5,8H,6-7H2,1H3,(H,14,15). The lowest BCUT2D eigenvalue weighted by Gasteiger charge is -2.06. The van der Waals surface area contributed by atoms with E-state index in [9.17, 15) is 0 Å². The van der Waals surface area contributed by atoms with E-state index in [4.69, 9.17) is 4.74 Å². The van der Waals surface area contributed by atoms with E-state index in [1.54, 1.807) is 7.11 Å². The Morgan fingerprint density at radius 3 is 2.94 bits per heavy atom. The number of hydrogen-bond donors (Lipinski definition) is 1. The second kappa shape index (κ2) is 5.27. The molecule has 0 bridgehead atoms. The molecule has 0 radical (unpaired) electrons. The monoisotopic (exact) mass is 280 g/mol. The number of fused-ring (bicyclic) bond motifs is 1. The van der Waals surface area contributed by atoms with Crippen molar-refractivity contribution in [3.8, 4) is 0 Å². The van der Waals surface area contributed by atoms with Crippen LogP contribution in [0.2, 0.25) is 0 Å². The summed E-state index contributed by atoms with van der Waals surface area (Å²) in [7, 11) is 1.69. The lowest BCUT2D eigenvalue weighted by molar-refractivity contribution is 0.210. The van der Waals surface area contributed by atoms with Gasteiger partial charge in [-0.1, -0.05) is 22.0 Å². The van der Waals surface area contributed by atoms with Crippen molar-refractivity contribution in [2.45, 2.75) is 0 Å². The van der Waals surface area contributed by atoms with Crippen molar-refractivity contribution in [3.63, 3.8) is 0 Å². The zero-order valence-electron chi connectivity index (χ0n) is 9.03. The number of pyridine rings is 1. The van der Waals surface area contributed by atoms with Gasteiger partial charge in [0.15, 0.2) is 0 Å². The molecule has 84 valence electrons. The van der Waals surface area contributed by atoms with E-state index in [0.717, 1.165) is 27.7 Å². The highest BCUT2D eigenvalue weighted by Gasteiger charge is 1.98. The Morgan fingerprint density at radius 1 is 1.31 bits per heavy atom. The average molecular weight is 281 g/mol. The van der Waals surface area contributed by atoms with Crippen molar-refractivity contribution in [1.29, 1.82) is 0 Å². The molecular weight excluding hydrogens is 268 g/mol. The summed E-state index contributed by atoms with van der Waals surface area (Å²) in [5, 5.41) is 4.35. The third kappa shape index (κ3) is 2.71. The molecule has 0 saturated carbocycles. The van der Waals surface area contributed by atoms with Gasteiger partial charge in [-0.3, -0.25) is 0 Å². The maximum Gasteiger partial charge on any atom is 0.126 e. The predicted molar refractivity (Wildman–Crippen MR) is 69.8 cm³/mol. The molecule has 0 aliphatic rings. The predicted octanol–water partition coefficient (Wildman–Crippen LogP) is 3.06. The summed E-state index contributed by atoms with van der Waals surface area (Å²) in [5.41, 5.74) is 0.983. The van der Waals surface area contributed by atoms with Crippen molar-refractivity contribution in [3.05, 3.63) is 34.8 Å². The lowest BCUT2D eigenvalue weighted by Crippen LogP contribution is -2.08. The normalized spacial score (nSPS) is 10.6. The zero-order chi connectivity index (χ0) is 11.4. The largest absolute Gasteiger partial charge is 0.383 e.